The maximum Gasteiger partial charge on any atom is 0.294 e. The van der Waals surface area contributed by atoms with E-state index in [1.165, 1.54) is 66.7 Å². The number of ether oxygens (including phenoxy) is 3. The second-order valence-corrected chi connectivity index (χ2v) is 31.7. The van der Waals surface area contributed by atoms with E-state index >= 15 is 0 Å². The van der Waals surface area contributed by atoms with E-state index in [1.54, 1.807) is 72.8 Å². The molecule has 14 rings (SSSR count). The zero-order valence-corrected chi connectivity index (χ0v) is 62.7. The smallest absolute Gasteiger partial charge is 0.294 e. The number of phenols is 2. The molecule has 4 N–H and O–H groups in total. The highest BCUT2D eigenvalue weighted by Gasteiger charge is 2.27. The Balaban J connectivity index is 0.000000197. The number of aromatic hydroxyl groups is 2. The third-order valence-electron chi connectivity index (χ3n) is 16.9. The third-order valence-corrected chi connectivity index (χ3v) is 22.3. The molecule has 0 bridgehead atoms. The van der Waals surface area contributed by atoms with Gasteiger partial charge in [0, 0.05) is 34.4 Å². The summed E-state index contributed by atoms with van der Waals surface area (Å²) in [7, 11) is -17.5. The minimum Gasteiger partial charge on any atom is -0.508 e. The Labute approximate surface area is 648 Å². The van der Waals surface area contributed by atoms with Crippen molar-refractivity contribution >= 4 is 51.5 Å². The van der Waals surface area contributed by atoms with Crippen LogP contribution in [0.25, 0.3) is 33.4 Å². The summed E-state index contributed by atoms with van der Waals surface area (Å²) in [4.78, 5) is 22.3. The van der Waals surface area contributed by atoms with Crippen molar-refractivity contribution in [1.29, 1.82) is 0 Å². The van der Waals surface area contributed by atoms with E-state index in [9.17, 15) is 65.4 Å². The number of aryl methyl sites for hydroxylation is 2. The lowest BCUT2D eigenvalue weighted by atomic mass is 10.0. The number of hydrogen-bond acceptors (Lipinski definition) is 15. The second-order valence-electron chi connectivity index (χ2n) is 25.0. The Bertz CT molecular complexity index is 6100. The van der Waals surface area contributed by atoms with Crippen molar-refractivity contribution in [3.05, 3.63) is 384 Å². The SMILES string of the molecule is Cc1ccc(C(=O)c2ccc(Oc3ccc(-c4ccc(Oc5ccc(S(=O)(=O)c6ccc(S(=O)(=O)O)cc6)c(Oc6ccc(-c7ccc(C)cc7)cc6)c5)cc4)cc3)cc2)cc1.O=C(c1ccc(F)cc1)c1ccc(F)cc1.O=S(=O)(O)c1ccc(S(=O)(=O)c2ccc(F)cc2F)cc1.Oc1ccc(-c2ccc(O)cc2)cc1. The van der Waals surface area contributed by atoms with Gasteiger partial charge in [-0.1, -0.05) is 120 Å². The average molecular weight is 1600 g/mol. The predicted octanol–water partition coefficient (Wildman–Crippen LogP) is 20.3. The number of halogens is 4. The van der Waals surface area contributed by atoms with Crippen molar-refractivity contribution in [2.75, 3.05) is 0 Å². The van der Waals surface area contributed by atoms with Crippen LogP contribution in [0.15, 0.2) is 357 Å². The quantitative estimate of drug-likeness (QED) is 0.0253. The molecule has 113 heavy (non-hydrogen) atoms. The Kier molecular flexibility index (Phi) is 25.2. The van der Waals surface area contributed by atoms with Gasteiger partial charge in [0.2, 0.25) is 19.7 Å². The molecule has 0 aliphatic heterocycles. The Morgan fingerprint density at radius 2 is 0.531 bits per heavy atom. The highest BCUT2D eigenvalue weighted by atomic mass is 32.2. The highest BCUT2D eigenvalue weighted by Crippen LogP contribution is 2.39. The van der Waals surface area contributed by atoms with Crippen LogP contribution in [0, 0.1) is 37.1 Å². The van der Waals surface area contributed by atoms with E-state index in [2.05, 4.69) is 0 Å². The molecule has 570 valence electrons. The lowest BCUT2D eigenvalue weighted by Gasteiger charge is -2.15. The maximum atomic E-state index is 14.0. The van der Waals surface area contributed by atoms with Gasteiger partial charge in [0.1, 0.15) is 79.1 Å². The molecule has 0 saturated heterocycles. The molecule has 0 aliphatic carbocycles. The molecule has 0 heterocycles. The molecule has 14 aromatic carbocycles. The van der Waals surface area contributed by atoms with Crippen molar-refractivity contribution in [3.63, 3.8) is 0 Å². The van der Waals surface area contributed by atoms with Gasteiger partial charge in [-0.3, -0.25) is 18.7 Å². The van der Waals surface area contributed by atoms with Crippen LogP contribution in [-0.2, 0) is 39.9 Å². The first kappa shape index (κ1) is 80.9. The van der Waals surface area contributed by atoms with Crippen LogP contribution in [0.3, 0.4) is 0 Å². The fourth-order valence-corrected chi connectivity index (χ4v) is 14.5. The van der Waals surface area contributed by atoms with Crippen LogP contribution in [0.5, 0.6) is 46.0 Å². The second kappa shape index (κ2) is 35.3. The van der Waals surface area contributed by atoms with E-state index in [0.29, 0.717) is 57.1 Å². The standard InChI is InChI=1S/C51H38O9S2.C13H8F2O.C12H8F2O5S2.C12H10O2/c1-34-3-7-36(8-4-34)37-15-23-45(24-16-37)60-49-33-46(27-32-50(49)61(53,54)47-28-30-48(31-29-47)62(55,56)57)59-44-21-13-39(14-22-44)38-11-19-42(20-12-38)58-43-25-17-41(18-26-43)51(52)40-9-5-35(2)6-10-40;14-11-5-1-9(2-6-11)13(16)10-3-7-12(15)8-4-10;13-8-1-6-12(11(14)7-8)20(15,16)9-2-4-10(5-3-9)21(17,18)19;13-11-5-1-9(2-6-11)10-3-7-12(14)8-4-10/h3-33H,1-2H3,(H,55,56,57);1-8H;1-7H,(H,17,18,19);1-8,13-14H. The Morgan fingerprint density at radius 3 is 0.885 bits per heavy atom. The number of phenolic OH excluding ortho intramolecular Hbond substituents is 2. The molecular weight excluding hydrogens is 1530 g/mol. The first-order valence-corrected chi connectivity index (χ1v) is 39.7. The van der Waals surface area contributed by atoms with E-state index in [1.807, 2.05) is 135 Å². The highest BCUT2D eigenvalue weighted by molar-refractivity contribution is 7.92. The maximum absolute atomic E-state index is 14.0. The van der Waals surface area contributed by atoms with Crippen molar-refractivity contribution < 1.29 is 94.4 Å². The minimum atomic E-state index is -4.53. The summed E-state index contributed by atoms with van der Waals surface area (Å²) in [6.45, 7) is 3.99. The van der Waals surface area contributed by atoms with Gasteiger partial charge >= 0.3 is 0 Å². The van der Waals surface area contributed by atoms with Crippen LogP contribution in [0.1, 0.15) is 43.0 Å². The number of hydrogen-bond donors (Lipinski definition) is 4. The fraction of sp³-hybridized carbons (Fsp3) is 0.0227. The number of carbonyl (C=O) groups excluding carboxylic acids is 2. The Hall–Kier alpha value is -13.1. The monoisotopic (exact) mass is 1600 g/mol. The van der Waals surface area contributed by atoms with Crippen LogP contribution in [0.4, 0.5) is 17.6 Å². The molecule has 14 aromatic rings. The summed E-state index contributed by atoms with van der Waals surface area (Å²) in [5.41, 5.74) is 10.0. The lowest BCUT2D eigenvalue weighted by molar-refractivity contribution is 0.103. The number of sulfone groups is 2. The van der Waals surface area contributed by atoms with Crippen LogP contribution < -0.4 is 14.2 Å². The molecule has 0 radical (unpaired) electrons. The van der Waals surface area contributed by atoms with Gasteiger partial charge in [0.05, 0.1) is 19.6 Å². The van der Waals surface area contributed by atoms with Gasteiger partial charge in [0.25, 0.3) is 20.2 Å². The molecule has 17 nitrogen and oxygen atoms in total. The van der Waals surface area contributed by atoms with Gasteiger partial charge in [0.15, 0.2) is 11.6 Å². The van der Waals surface area contributed by atoms with Gasteiger partial charge < -0.3 is 24.4 Å². The van der Waals surface area contributed by atoms with Crippen LogP contribution in [-0.4, -0.2) is 64.6 Å². The van der Waals surface area contributed by atoms with E-state index < -0.39 is 77.9 Å². The molecule has 0 atom stereocenters. The topological polar surface area (TPSA) is 279 Å². The van der Waals surface area contributed by atoms with E-state index in [0.717, 1.165) is 105 Å². The van der Waals surface area contributed by atoms with E-state index in [-0.39, 0.29) is 43.5 Å². The van der Waals surface area contributed by atoms with Gasteiger partial charge in [-0.05, 0) is 253 Å². The van der Waals surface area contributed by atoms with Crippen LogP contribution in [0.2, 0.25) is 0 Å². The largest absolute Gasteiger partial charge is 0.508 e. The summed E-state index contributed by atoms with van der Waals surface area (Å²) in [6, 6.07) is 83.4. The van der Waals surface area contributed by atoms with Crippen molar-refractivity contribution in [2.24, 2.45) is 0 Å². The molecule has 0 fully saturated rings. The van der Waals surface area contributed by atoms with Gasteiger partial charge in [-0.25, -0.2) is 34.4 Å². The molecule has 0 aliphatic rings. The van der Waals surface area contributed by atoms with Gasteiger partial charge in [-0.15, -0.1) is 0 Å². The van der Waals surface area contributed by atoms with Crippen molar-refractivity contribution in [1.82, 2.24) is 0 Å². The molecule has 25 heteroatoms. The number of ketones is 2. The first-order chi connectivity index (χ1) is 53.8. The molecular formula is C88H64F4O17S4. The first-order valence-electron chi connectivity index (χ1n) is 33.8. The third kappa shape index (κ3) is 21.3. The molecule has 0 unspecified atom stereocenters. The van der Waals surface area contributed by atoms with Crippen molar-refractivity contribution in [2.45, 2.75) is 43.2 Å². The summed E-state index contributed by atoms with van der Waals surface area (Å²) >= 11 is 0. The fourth-order valence-electron chi connectivity index (χ4n) is 10.9. The molecule has 0 saturated carbocycles. The molecule has 0 spiro atoms. The minimum absolute atomic E-state index is 0.0185. The average Bonchev–Trinajstić information content (AvgIpc) is 0.773. The summed E-state index contributed by atoms with van der Waals surface area (Å²) in [6.07, 6.45) is 0. The zero-order chi connectivity index (χ0) is 80.8. The van der Waals surface area contributed by atoms with Crippen LogP contribution >= 0.6 is 0 Å². The summed E-state index contributed by atoms with van der Waals surface area (Å²) in [5.74, 6) is -0.371. The van der Waals surface area contributed by atoms with Crippen molar-refractivity contribution in [3.8, 4) is 79.4 Å². The van der Waals surface area contributed by atoms with Gasteiger partial charge in [-0.2, -0.15) is 16.8 Å². The van der Waals surface area contributed by atoms with E-state index in [4.69, 9.17) is 29.0 Å². The predicted molar refractivity (Wildman–Crippen MR) is 417 cm³/mol. The lowest BCUT2D eigenvalue weighted by Crippen LogP contribution is -2.06. The number of benzene rings is 14. The zero-order valence-electron chi connectivity index (χ0n) is 59.4. The molecule has 0 aromatic heterocycles. The summed E-state index contributed by atoms with van der Waals surface area (Å²) < 4.78 is 185. The summed E-state index contributed by atoms with van der Waals surface area (Å²) in [5, 5.41) is 18.2. The number of carbonyl (C=O) groups is 2. The normalized spacial score (nSPS) is 11.3. The number of rotatable bonds is 19. The Morgan fingerprint density at radius 1 is 0.274 bits per heavy atom. The molecule has 0 amide bonds.